The number of esters is 2. The lowest BCUT2D eigenvalue weighted by atomic mass is 10.3. The zero-order valence-corrected chi connectivity index (χ0v) is 10.5. The van der Waals surface area contributed by atoms with Crippen LogP contribution in [0, 0.1) is 0 Å². The number of hydrogen-bond acceptors (Lipinski definition) is 4. The average Bonchev–Trinajstić information content (AvgIpc) is 2.38. The molecule has 0 heterocycles. The first-order valence-electron chi connectivity index (χ1n) is 5.31. The van der Waals surface area contributed by atoms with Gasteiger partial charge in [-0.1, -0.05) is 0 Å². The van der Waals surface area contributed by atoms with E-state index in [-0.39, 0.29) is 0 Å². The van der Waals surface area contributed by atoms with Gasteiger partial charge in [0.05, 0.1) is 0 Å². The largest absolute Gasteiger partial charge is 0.491 e. The van der Waals surface area contributed by atoms with E-state index in [1.165, 1.54) is 0 Å². The summed E-state index contributed by atoms with van der Waals surface area (Å²) < 4.78 is 104. The van der Waals surface area contributed by atoms with Crippen molar-refractivity contribution in [3.05, 3.63) is 24.3 Å². The molecule has 12 heteroatoms. The van der Waals surface area contributed by atoms with Crippen molar-refractivity contribution in [2.75, 3.05) is 0 Å². The summed E-state index contributed by atoms with van der Waals surface area (Å²) in [7, 11) is 0. The second kappa shape index (κ2) is 6.01. The Hall–Kier alpha value is -2.40. The first kappa shape index (κ1) is 18.6. The third-order valence-corrected chi connectivity index (χ3v) is 2.09. The van der Waals surface area contributed by atoms with E-state index in [0.717, 1.165) is 0 Å². The molecule has 0 atom stereocenters. The molecule has 0 N–H and O–H groups in total. The molecule has 0 fully saturated rings. The van der Waals surface area contributed by atoms with E-state index >= 15 is 0 Å². The summed E-state index contributed by atoms with van der Waals surface area (Å²) in [6.45, 7) is 0. The van der Waals surface area contributed by atoms with E-state index in [1.807, 2.05) is 0 Å². The van der Waals surface area contributed by atoms with Gasteiger partial charge in [-0.25, -0.2) is 9.59 Å². The third-order valence-electron chi connectivity index (χ3n) is 2.09. The molecular weight excluding hydrogens is 348 g/mol. The molecule has 0 unspecified atom stereocenters. The topological polar surface area (TPSA) is 52.6 Å². The van der Waals surface area contributed by atoms with Gasteiger partial charge >= 0.3 is 30.2 Å². The van der Waals surface area contributed by atoms with Gasteiger partial charge in [0.15, 0.2) is 0 Å². The van der Waals surface area contributed by atoms with Gasteiger partial charge in [-0.3, -0.25) is 0 Å². The molecule has 0 aliphatic rings. The Morgan fingerprint density at radius 3 is 1.35 bits per heavy atom. The first-order chi connectivity index (χ1) is 10.2. The number of alkyl halides is 8. The molecular formula is C11H4F8O4. The minimum Gasteiger partial charge on any atom is -0.422 e. The second-order valence-electron chi connectivity index (χ2n) is 3.82. The molecule has 0 aromatic heterocycles. The number of hydrogen-bond donors (Lipinski definition) is 0. The van der Waals surface area contributed by atoms with Crippen molar-refractivity contribution in [2.24, 2.45) is 0 Å². The molecule has 1 aromatic rings. The van der Waals surface area contributed by atoms with Crippen LogP contribution in [-0.4, -0.2) is 30.2 Å². The maximum absolute atomic E-state index is 12.6. The number of halogens is 8. The van der Waals surface area contributed by atoms with Crippen LogP contribution < -0.4 is 9.47 Å². The summed E-state index contributed by atoms with van der Waals surface area (Å²) in [5, 5.41) is 0. The zero-order chi connectivity index (χ0) is 18.1. The quantitative estimate of drug-likeness (QED) is 0.476. The Morgan fingerprint density at radius 1 is 0.696 bits per heavy atom. The molecule has 128 valence electrons. The lowest BCUT2D eigenvalue weighted by Gasteiger charge is -2.17. The summed E-state index contributed by atoms with van der Waals surface area (Å²) in [6, 6.07) is 2.31. The molecule has 1 aromatic carbocycles. The second-order valence-corrected chi connectivity index (χ2v) is 3.82. The van der Waals surface area contributed by atoms with Crippen molar-refractivity contribution in [1.82, 2.24) is 0 Å². The van der Waals surface area contributed by atoms with Gasteiger partial charge in [-0.15, -0.1) is 0 Å². The molecule has 0 saturated carbocycles. The van der Waals surface area contributed by atoms with Gasteiger partial charge in [0.1, 0.15) is 11.5 Å². The first-order valence-corrected chi connectivity index (χ1v) is 5.31. The molecule has 0 aliphatic carbocycles. The summed E-state index contributed by atoms with van der Waals surface area (Å²) in [5.74, 6) is -12.8. The summed E-state index contributed by atoms with van der Waals surface area (Å²) in [6.07, 6.45) is -11.5. The Kier molecular flexibility index (Phi) is 4.87. The van der Waals surface area contributed by atoms with Crippen LogP contribution in [-0.2, 0) is 9.59 Å². The lowest BCUT2D eigenvalue weighted by molar-refractivity contribution is -0.276. The number of ether oxygens (including phenoxy) is 2. The van der Waals surface area contributed by atoms with Crippen LogP contribution >= 0.6 is 0 Å². The van der Waals surface area contributed by atoms with Crippen LogP contribution in [0.4, 0.5) is 35.1 Å². The van der Waals surface area contributed by atoms with Crippen molar-refractivity contribution in [3.63, 3.8) is 0 Å². The van der Waals surface area contributed by atoms with Crippen LogP contribution in [0.2, 0.25) is 0 Å². The Balaban J connectivity index is 2.79. The summed E-state index contributed by atoms with van der Waals surface area (Å²) in [5.41, 5.74) is 0. The van der Waals surface area contributed by atoms with Crippen molar-refractivity contribution >= 4 is 11.9 Å². The highest BCUT2D eigenvalue weighted by molar-refractivity contribution is 5.81. The zero-order valence-electron chi connectivity index (χ0n) is 10.5. The van der Waals surface area contributed by atoms with Crippen LogP contribution in [0.1, 0.15) is 0 Å². The van der Waals surface area contributed by atoms with Crippen molar-refractivity contribution in [2.45, 2.75) is 18.3 Å². The molecule has 0 aliphatic heterocycles. The lowest BCUT2D eigenvalue weighted by Crippen LogP contribution is -2.46. The standard InChI is InChI=1S/C11H4F8O4/c12-9(13,11(17,18)19)7(20)22-5-1-3-6(4-2-5)23-8(21)10(14,15)16/h1-4H. The number of benzene rings is 1. The molecule has 0 spiro atoms. The van der Waals surface area contributed by atoms with Crippen molar-refractivity contribution < 1.29 is 54.2 Å². The molecule has 0 amide bonds. The predicted octanol–water partition coefficient (Wildman–Crippen LogP) is 3.26. The Labute approximate surface area is 121 Å². The van der Waals surface area contributed by atoms with E-state index < -0.39 is 41.7 Å². The minimum absolute atomic E-state index is 0.559. The molecule has 0 bridgehead atoms. The van der Waals surface area contributed by atoms with Gasteiger partial charge < -0.3 is 9.47 Å². The SMILES string of the molecule is O=C(Oc1ccc(OC(=O)C(F)(F)C(F)(F)F)cc1)C(F)(F)F. The fourth-order valence-electron chi connectivity index (χ4n) is 1.03. The van der Waals surface area contributed by atoms with E-state index in [1.54, 1.807) is 0 Å². The Morgan fingerprint density at radius 2 is 1.04 bits per heavy atom. The molecule has 0 saturated heterocycles. The number of rotatable bonds is 3. The highest BCUT2D eigenvalue weighted by atomic mass is 19.4. The van der Waals surface area contributed by atoms with Crippen LogP contribution in [0.25, 0.3) is 0 Å². The minimum atomic E-state index is -6.17. The van der Waals surface area contributed by atoms with Crippen LogP contribution in [0.5, 0.6) is 11.5 Å². The maximum atomic E-state index is 12.6. The maximum Gasteiger partial charge on any atom is 0.491 e. The molecule has 0 radical (unpaired) electrons. The smallest absolute Gasteiger partial charge is 0.422 e. The fourth-order valence-corrected chi connectivity index (χ4v) is 1.03. The summed E-state index contributed by atoms with van der Waals surface area (Å²) in [4.78, 5) is 21.2. The van der Waals surface area contributed by atoms with E-state index in [2.05, 4.69) is 9.47 Å². The Bertz CT molecular complexity index is 588. The van der Waals surface area contributed by atoms with Crippen molar-refractivity contribution in [1.29, 1.82) is 0 Å². The normalized spacial score (nSPS) is 12.7. The highest BCUT2D eigenvalue weighted by Gasteiger charge is 2.65. The fraction of sp³-hybridized carbons (Fsp3) is 0.273. The van der Waals surface area contributed by atoms with Gasteiger partial charge in [0.2, 0.25) is 0 Å². The predicted molar refractivity (Wildman–Crippen MR) is 54.8 cm³/mol. The van der Waals surface area contributed by atoms with E-state index in [4.69, 9.17) is 0 Å². The van der Waals surface area contributed by atoms with Crippen LogP contribution in [0.3, 0.4) is 0 Å². The summed E-state index contributed by atoms with van der Waals surface area (Å²) >= 11 is 0. The average molecular weight is 352 g/mol. The van der Waals surface area contributed by atoms with Crippen molar-refractivity contribution in [3.8, 4) is 11.5 Å². The van der Waals surface area contributed by atoms with Gasteiger partial charge in [0.25, 0.3) is 0 Å². The monoisotopic (exact) mass is 352 g/mol. The van der Waals surface area contributed by atoms with Gasteiger partial charge in [-0.05, 0) is 24.3 Å². The molecule has 23 heavy (non-hydrogen) atoms. The highest BCUT2D eigenvalue weighted by Crippen LogP contribution is 2.36. The van der Waals surface area contributed by atoms with E-state index in [9.17, 15) is 44.7 Å². The number of carbonyl (C=O) groups excluding carboxylic acids is 2. The molecule has 4 nitrogen and oxygen atoms in total. The number of carbonyl (C=O) groups is 2. The molecule has 1 rings (SSSR count). The van der Waals surface area contributed by atoms with Gasteiger partial charge in [-0.2, -0.15) is 35.1 Å². The van der Waals surface area contributed by atoms with Gasteiger partial charge in [0, 0.05) is 0 Å². The van der Waals surface area contributed by atoms with Crippen LogP contribution in [0.15, 0.2) is 24.3 Å². The van der Waals surface area contributed by atoms with E-state index in [0.29, 0.717) is 24.3 Å². The third kappa shape index (κ3) is 4.53.